The van der Waals surface area contributed by atoms with Crippen molar-refractivity contribution < 1.29 is 13.6 Å². The van der Waals surface area contributed by atoms with Gasteiger partial charge >= 0.3 is 0 Å². The Morgan fingerprint density at radius 2 is 2.35 bits per heavy atom. The summed E-state index contributed by atoms with van der Waals surface area (Å²) in [6.45, 7) is 2.73. The molecule has 136 valence electrons. The van der Waals surface area contributed by atoms with E-state index < -0.39 is 0 Å². The maximum atomic E-state index is 13.2. The van der Waals surface area contributed by atoms with Crippen LogP contribution in [0.4, 0.5) is 4.39 Å². The molecule has 0 spiro atoms. The van der Waals surface area contributed by atoms with Crippen LogP contribution >= 0.6 is 0 Å². The van der Waals surface area contributed by atoms with E-state index >= 15 is 0 Å². The van der Waals surface area contributed by atoms with Crippen LogP contribution in [0.15, 0.2) is 41.0 Å². The molecule has 1 amide bonds. The Balaban J connectivity index is 1.33. The van der Waals surface area contributed by atoms with Crippen LogP contribution in [0.2, 0.25) is 0 Å². The number of benzene rings is 1. The summed E-state index contributed by atoms with van der Waals surface area (Å²) >= 11 is 0. The predicted molar refractivity (Wildman–Crippen MR) is 94.6 cm³/mol. The lowest BCUT2D eigenvalue weighted by molar-refractivity contribution is -0.127. The Morgan fingerprint density at radius 1 is 1.42 bits per heavy atom. The molecule has 2 aromatic heterocycles. The number of aromatic amines is 1. The topological polar surface area (TPSA) is 74.2 Å². The first-order valence-corrected chi connectivity index (χ1v) is 8.84. The van der Waals surface area contributed by atoms with Gasteiger partial charge in [-0.15, -0.1) is 0 Å². The number of H-pyrrole nitrogens is 1. The molecule has 0 radical (unpaired) electrons. The van der Waals surface area contributed by atoms with Gasteiger partial charge in [-0.25, -0.2) is 9.37 Å². The van der Waals surface area contributed by atoms with Crippen molar-refractivity contribution in [1.82, 2.24) is 20.2 Å². The summed E-state index contributed by atoms with van der Waals surface area (Å²) in [5.74, 6) is 1.22. The molecule has 1 atom stereocenters. The molecule has 3 aromatic rings. The number of hydrogen-bond donors (Lipinski definition) is 2. The van der Waals surface area contributed by atoms with Gasteiger partial charge < -0.3 is 14.7 Å². The van der Waals surface area contributed by atoms with Crippen molar-refractivity contribution in [3.63, 3.8) is 0 Å². The quantitative estimate of drug-likeness (QED) is 0.737. The van der Waals surface area contributed by atoms with E-state index in [1.165, 1.54) is 12.1 Å². The lowest BCUT2D eigenvalue weighted by Crippen LogP contribution is -2.42. The molecule has 1 aromatic carbocycles. The third-order valence-electron chi connectivity index (χ3n) is 4.76. The minimum absolute atomic E-state index is 0.0285. The summed E-state index contributed by atoms with van der Waals surface area (Å²) in [6.07, 6.45) is 3.54. The van der Waals surface area contributed by atoms with Crippen molar-refractivity contribution in [2.45, 2.75) is 25.9 Å². The normalized spacial score (nSPS) is 18.3. The number of halogens is 1. The number of furan rings is 1. The van der Waals surface area contributed by atoms with Crippen LogP contribution in [-0.4, -0.2) is 33.9 Å². The van der Waals surface area contributed by atoms with Crippen LogP contribution in [0.5, 0.6) is 0 Å². The van der Waals surface area contributed by atoms with Crippen LogP contribution in [-0.2, 0) is 17.9 Å². The highest BCUT2D eigenvalue weighted by atomic mass is 19.1. The van der Waals surface area contributed by atoms with Gasteiger partial charge in [0.25, 0.3) is 0 Å². The first-order valence-electron chi connectivity index (χ1n) is 8.84. The zero-order valence-corrected chi connectivity index (χ0v) is 14.4. The summed E-state index contributed by atoms with van der Waals surface area (Å²) in [7, 11) is 0. The third kappa shape index (κ3) is 3.77. The Hall–Kier alpha value is -2.67. The fourth-order valence-electron chi connectivity index (χ4n) is 3.47. The SMILES string of the molecule is O=C(NCc1nc2ccc(F)cc2[nH]1)C1CCCN(Cc2ccco2)C1. The van der Waals surface area contributed by atoms with Crippen molar-refractivity contribution in [3.8, 4) is 0 Å². The molecule has 26 heavy (non-hydrogen) atoms. The molecule has 1 aliphatic heterocycles. The molecule has 0 saturated carbocycles. The summed E-state index contributed by atoms with van der Waals surface area (Å²) in [6, 6.07) is 8.24. The smallest absolute Gasteiger partial charge is 0.224 e. The molecule has 0 bridgehead atoms. The van der Waals surface area contributed by atoms with Gasteiger partial charge in [0.05, 0.1) is 36.3 Å². The lowest BCUT2D eigenvalue weighted by Gasteiger charge is -2.31. The van der Waals surface area contributed by atoms with Crippen molar-refractivity contribution in [3.05, 3.63) is 54.0 Å². The van der Waals surface area contributed by atoms with Gasteiger partial charge in [0.2, 0.25) is 5.91 Å². The van der Waals surface area contributed by atoms with Crippen molar-refractivity contribution in [2.75, 3.05) is 13.1 Å². The molecule has 2 N–H and O–H groups in total. The second-order valence-corrected chi connectivity index (χ2v) is 6.72. The van der Waals surface area contributed by atoms with Crippen molar-refractivity contribution >= 4 is 16.9 Å². The largest absolute Gasteiger partial charge is 0.468 e. The molecule has 6 nitrogen and oxygen atoms in total. The number of fused-ring (bicyclic) bond motifs is 1. The summed E-state index contributed by atoms with van der Waals surface area (Å²) in [5.41, 5.74) is 1.33. The van der Waals surface area contributed by atoms with E-state index in [0.717, 1.165) is 38.2 Å². The Bertz CT molecular complexity index is 890. The van der Waals surface area contributed by atoms with E-state index in [2.05, 4.69) is 20.2 Å². The molecule has 1 aliphatic rings. The summed E-state index contributed by atoms with van der Waals surface area (Å²) in [4.78, 5) is 22.2. The standard InChI is InChI=1S/C19H21FN4O2/c20-14-5-6-16-17(9-14)23-18(22-16)10-21-19(25)13-3-1-7-24(11-13)12-15-4-2-8-26-15/h2,4-6,8-9,13H,1,3,7,10-12H2,(H,21,25)(H,22,23). The van der Waals surface area contributed by atoms with E-state index in [0.29, 0.717) is 23.4 Å². The molecule has 7 heteroatoms. The van der Waals surface area contributed by atoms with E-state index in [4.69, 9.17) is 4.42 Å². The number of aromatic nitrogens is 2. The Labute approximate surface area is 150 Å². The number of hydrogen-bond acceptors (Lipinski definition) is 4. The number of amides is 1. The van der Waals surface area contributed by atoms with Gasteiger partial charge in [-0.05, 0) is 49.7 Å². The molecule has 4 rings (SSSR count). The number of piperidine rings is 1. The van der Waals surface area contributed by atoms with E-state index in [-0.39, 0.29) is 17.6 Å². The molecule has 1 unspecified atom stereocenters. The number of nitrogens with zero attached hydrogens (tertiary/aromatic N) is 2. The fraction of sp³-hybridized carbons (Fsp3) is 0.368. The van der Waals surface area contributed by atoms with Gasteiger partial charge in [0, 0.05) is 6.54 Å². The average Bonchev–Trinajstić information content (AvgIpc) is 3.28. The maximum absolute atomic E-state index is 13.2. The third-order valence-corrected chi connectivity index (χ3v) is 4.76. The highest BCUT2D eigenvalue weighted by Gasteiger charge is 2.26. The maximum Gasteiger partial charge on any atom is 0.224 e. The van der Waals surface area contributed by atoms with Crippen molar-refractivity contribution in [2.24, 2.45) is 5.92 Å². The second-order valence-electron chi connectivity index (χ2n) is 6.72. The van der Waals surface area contributed by atoms with Crippen LogP contribution in [0.1, 0.15) is 24.4 Å². The number of carbonyl (C=O) groups excluding carboxylic acids is 1. The zero-order valence-electron chi connectivity index (χ0n) is 14.4. The van der Waals surface area contributed by atoms with E-state index in [1.54, 1.807) is 12.3 Å². The predicted octanol–water partition coefficient (Wildman–Crippen LogP) is 2.82. The van der Waals surface area contributed by atoms with Crippen LogP contribution in [0, 0.1) is 11.7 Å². The lowest BCUT2D eigenvalue weighted by atomic mass is 9.97. The van der Waals surface area contributed by atoms with Crippen LogP contribution in [0.3, 0.4) is 0 Å². The van der Waals surface area contributed by atoms with Crippen LogP contribution in [0.25, 0.3) is 11.0 Å². The monoisotopic (exact) mass is 356 g/mol. The summed E-state index contributed by atoms with van der Waals surface area (Å²) < 4.78 is 18.6. The molecule has 0 aliphatic carbocycles. The minimum Gasteiger partial charge on any atom is -0.468 e. The molecule has 3 heterocycles. The molecule has 1 fully saturated rings. The zero-order chi connectivity index (χ0) is 17.9. The molecular weight excluding hydrogens is 335 g/mol. The number of nitrogens with one attached hydrogen (secondary N) is 2. The first-order chi connectivity index (χ1) is 12.7. The highest BCUT2D eigenvalue weighted by molar-refractivity contribution is 5.79. The number of rotatable bonds is 5. The number of imidazole rings is 1. The first kappa shape index (κ1) is 16.8. The minimum atomic E-state index is -0.310. The Kier molecular flexibility index (Phi) is 4.71. The Morgan fingerprint density at radius 3 is 3.19 bits per heavy atom. The van der Waals surface area contributed by atoms with E-state index in [9.17, 15) is 9.18 Å². The van der Waals surface area contributed by atoms with Gasteiger partial charge in [-0.1, -0.05) is 0 Å². The average molecular weight is 356 g/mol. The molecule has 1 saturated heterocycles. The number of carbonyl (C=O) groups is 1. The molecular formula is C19H21FN4O2. The second kappa shape index (κ2) is 7.29. The van der Waals surface area contributed by atoms with E-state index in [1.807, 2.05) is 12.1 Å². The summed E-state index contributed by atoms with van der Waals surface area (Å²) in [5, 5.41) is 2.95. The van der Waals surface area contributed by atoms with Gasteiger partial charge in [0.1, 0.15) is 17.4 Å². The highest BCUT2D eigenvalue weighted by Crippen LogP contribution is 2.19. The van der Waals surface area contributed by atoms with Gasteiger partial charge in [0.15, 0.2) is 0 Å². The number of likely N-dealkylation sites (tertiary alicyclic amines) is 1. The van der Waals surface area contributed by atoms with Crippen molar-refractivity contribution in [1.29, 1.82) is 0 Å². The van der Waals surface area contributed by atoms with Crippen LogP contribution < -0.4 is 5.32 Å². The van der Waals surface area contributed by atoms with Gasteiger partial charge in [-0.3, -0.25) is 9.69 Å². The fourth-order valence-corrected chi connectivity index (χ4v) is 3.47. The van der Waals surface area contributed by atoms with Gasteiger partial charge in [-0.2, -0.15) is 0 Å².